The fourth-order valence-corrected chi connectivity index (χ4v) is 2.06. The Hall–Kier alpha value is -0.470. The normalized spacial score (nSPS) is 13.2. The molecule has 0 amide bonds. The van der Waals surface area contributed by atoms with E-state index in [1.807, 2.05) is 6.07 Å². The van der Waals surface area contributed by atoms with Gasteiger partial charge in [-0.1, -0.05) is 30.3 Å². The number of rotatable bonds is 4. The molecule has 0 saturated carbocycles. The zero-order valence-electron chi connectivity index (χ0n) is 8.36. The predicted octanol–water partition coefficient (Wildman–Crippen LogP) is 2.13. The van der Waals surface area contributed by atoms with E-state index in [2.05, 4.69) is 38.1 Å². The Morgan fingerprint density at radius 3 is 2.38 bits per heavy atom. The summed E-state index contributed by atoms with van der Waals surface area (Å²) in [6.07, 6.45) is 1.11. The Balaban J connectivity index is 2.35. The van der Waals surface area contributed by atoms with Crippen LogP contribution in [0.2, 0.25) is 0 Å². The van der Waals surface area contributed by atoms with Gasteiger partial charge in [-0.3, -0.25) is 0 Å². The summed E-state index contributed by atoms with van der Waals surface area (Å²) in [5, 5.41) is 6.61. The van der Waals surface area contributed by atoms with Crippen LogP contribution in [0.25, 0.3) is 0 Å². The SMILES string of the molecule is CC(C)[S+](N)CCc1ccccc1. The molecule has 0 saturated heterocycles. The van der Waals surface area contributed by atoms with Gasteiger partial charge >= 0.3 is 0 Å². The van der Waals surface area contributed by atoms with Crippen molar-refractivity contribution in [3.63, 3.8) is 0 Å². The van der Waals surface area contributed by atoms with Gasteiger partial charge in [0.05, 0.1) is 11.1 Å². The lowest BCUT2D eigenvalue weighted by molar-refractivity contribution is 1.06. The Kier molecular flexibility index (Phi) is 4.33. The van der Waals surface area contributed by atoms with Crippen LogP contribution in [0.1, 0.15) is 19.4 Å². The van der Waals surface area contributed by atoms with Crippen LogP contribution in [-0.4, -0.2) is 11.0 Å². The van der Waals surface area contributed by atoms with Crippen molar-refractivity contribution >= 4 is 11.1 Å². The topological polar surface area (TPSA) is 26.0 Å². The van der Waals surface area contributed by atoms with Crippen molar-refractivity contribution < 1.29 is 0 Å². The Bertz CT molecular complexity index is 233. The molecule has 72 valence electrons. The summed E-state index contributed by atoms with van der Waals surface area (Å²) >= 11 is 0.0778. The highest BCUT2D eigenvalue weighted by Crippen LogP contribution is 2.04. The molecule has 13 heavy (non-hydrogen) atoms. The third-order valence-corrected chi connectivity index (χ3v) is 3.96. The summed E-state index contributed by atoms with van der Waals surface area (Å²) in [6.45, 7) is 4.38. The molecule has 2 heteroatoms. The quantitative estimate of drug-likeness (QED) is 0.734. The smallest absolute Gasteiger partial charge is 0.131 e. The molecule has 0 bridgehead atoms. The maximum atomic E-state index is 5.99. The molecule has 0 heterocycles. The first-order valence-electron chi connectivity index (χ1n) is 4.68. The molecule has 0 radical (unpaired) electrons. The minimum atomic E-state index is 0.0778. The average molecular weight is 196 g/mol. The molecular formula is C11H18NS+. The van der Waals surface area contributed by atoms with Crippen LogP contribution in [0.4, 0.5) is 0 Å². The van der Waals surface area contributed by atoms with Gasteiger partial charge in [-0.15, -0.1) is 0 Å². The van der Waals surface area contributed by atoms with Gasteiger partial charge in [0.25, 0.3) is 0 Å². The van der Waals surface area contributed by atoms with Gasteiger partial charge in [0.2, 0.25) is 0 Å². The van der Waals surface area contributed by atoms with E-state index in [4.69, 9.17) is 5.14 Å². The zero-order valence-corrected chi connectivity index (χ0v) is 9.18. The molecule has 1 unspecified atom stereocenters. The van der Waals surface area contributed by atoms with Crippen LogP contribution < -0.4 is 5.14 Å². The fourth-order valence-electron chi connectivity index (χ4n) is 1.12. The second-order valence-electron chi connectivity index (χ2n) is 3.46. The van der Waals surface area contributed by atoms with E-state index in [1.54, 1.807) is 0 Å². The van der Waals surface area contributed by atoms with Crippen LogP contribution in [0, 0.1) is 0 Å². The number of hydrogen-bond donors (Lipinski definition) is 1. The standard InChI is InChI=1S/C11H18NS/c1-10(2)13(12)9-8-11-6-4-3-5-7-11/h3-7,10H,8-9,12H2,1-2H3/q+1. The molecule has 1 atom stereocenters. The molecule has 0 spiro atoms. The van der Waals surface area contributed by atoms with Crippen molar-refractivity contribution in [1.29, 1.82) is 0 Å². The number of aryl methyl sites for hydroxylation is 1. The van der Waals surface area contributed by atoms with E-state index < -0.39 is 0 Å². The van der Waals surface area contributed by atoms with Crippen molar-refractivity contribution in [2.75, 3.05) is 5.75 Å². The van der Waals surface area contributed by atoms with Crippen molar-refractivity contribution in [2.24, 2.45) is 5.14 Å². The largest absolute Gasteiger partial charge is 0.151 e. The maximum Gasteiger partial charge on any atom is 0.131 e. The monoisotopic (exact) mass is 196 g/mol. The van der Waals surface area contributed by atoms with E-state index in [0.717, 1.165) is 12.2 Å². The summed E-state index contributed by atoms with van der Waals surface area (Å²) in [5.74, 6) is 1.11. The highest BCUT2D eigenvalue weighted by atomic mass is 32.2. The molecule has 0 aliphatic heterocycles. The van der Waals surface area contributed by atoms with Gasteiger partial charge in [0.15, 0.2) is 0 Å². The lowest BCUT2D eigenvalue weighted by Crippen LogP contribution is -2.28. The average Bonchev–Trinajstić information content (AvgIpc) is 2.15. The minimum absolute atomic E-state index is 0.0778. The molecule has 0 aliphatic carbocycles. The van der Waals surface area contributed by atoms with Crippen LogP contribution in [-0.2, 0) is 17.5 Å². The molecule has 0 aliphatic rings. The summed E-state index contributed by atoms with van der Waals surface area (Å²) in [5.41, 5.74) is 1.39. The van der Waals surface area contributed by atoms with Gasteiger partial charge in [0.1, 0.15) is 11.0 Å². The molecule has 1 nitrogen and oxygen atoms in total. The van der Waals surface area contributed by atoms with Crippen LogP contribution in [0.3, 0.4) is 0 Å². The first kappa shape index (κ1) is 10.6. The van der Waals surface area contributed by atoms with E-state index in [-0.39, 0.29) is 11.1 Å². The molecule has 0 aromatic heterocycles. The molecular weight excluding hydrogens is 178 g/mol. The highest BCUT2D eigenvalue weighted by Gasteiger charge is 2.16. The van der Waals surface area contributed by atoms with Gasteiger partial charge in [-0.05, 0) is 19.4 Å². The third-order valence-electron chi connectivity index (χ3n) is 2.07. The summed E-state index contributed by atoms with van der Waals surface area (Å²) in [6, 6.07) is 10.5. The molecule has 0 fully saturated rings. The summed E-state index contributed by atoms with van der Waals surface area (Å²) in [4.78, 5) is 0. The van der Waals surface area contributed by atoms with Gasteiger partial charge in [-0.25, -0.2) is 0 Å². The lowest BCUT2D eigenvalue weighted by atomic mass is 10.2. The fraction of sp³-hybridized carbons (Fsp3) is 0.455. The van der Waals surface area contributed by atoms with E-state index in [0.29, 0.717) is 5.25 Å². The number of hydrogen-bond acceptors (Lipinski definition) is 1. The first-order valence-corrected chi connectivity index (χ1v) is 6.20. The van der Waals surface area contributed by atoms with E-state index in [9.17, 15) is 0 Å². The number of benzene rings is 1. The van der Waals surface area contributed by atoms with Crippen molar-refractivity contribution in [3.05, 3.63) is 35.9 Å². The van der Waals surface area contributed by atoms with Crippen LogP contribution in [0.15, 0.2) is 30.3 Å². The molecule has 1 aromatic rings. The second-order valence-corrected chi connectivity index (χ2v) is 5.75. The first-order chi connectivity index (χ1) is 6.20. The molecule has 1 aromatic carbocycles. The molecule has 1 rings (SSSR count). The van der Waals surface area contributed by atoms with Gasteiger partial charge < -0.3 is 0 Å². The molecule has 2 N–H and O–H groups in total. The Labute approximate surface area is 83.8 Å². The van der Waals surface area contributed by atoms with E-state index >= 15 is 0 Å². The van der Waals surface area contributed by atoms with Gasteiger partial charge in [0, 0.05) is 6.42 Å². The van der Waals surface area contributed by atoms with Crippen molar-refractivity contribution in [1.82, 2.24) is 0 Å². The number of nitrogens with two attached hydrogens (primary N) is 1. The van der Waals surface area contributed by atoms with Crippen LogP contribution >= 0.6 is 0 Å². The zero-order chi connectivity index (χ0) is 9.68. The van der Waals surface area contributed by atoms with E-state index in [1.165, 1.54) is 5.56 Å². The third kappa shape index (κ3) is 3.83. The summed E-state index contributed by atoms with van der Waals surface area (Å²) < 4.78 is 0. The Morgan fingerprint density at radius 2 is 1.85 bits per heavy atom. The lowest BCUT2D eigenvalue weighted by Gasteiger charge is -2.05. The van der Waals surface area contributed by atoms with Crippen LogP contribution in [0.5, 0.6) is 0 Å². The van der Waals surface area contributed by atoms with Crippen molar-refractivity contribution in [3.8, 4) is 0 Å². The minimum Gasteiger partial charge on any atom is -0.151 e. The summed E-state index contributed by atoms with van der Waals surface area (Å²) in [7, 11) is 0. The highest BCUT2D eigenvalue weighted by molar-refractivity contribution is 7.95. The second kappa shape index (κ2) is 5.30. The Morgan fingerprint density at radius 1 is 1.23 bits per heavy atom. The van der Waals surface area contributed by atoms with Gasteiger partial charge in [-0.2, -0.15) is 5.14 Å². The van der Waals surface area contributed by atoms with Crippen molar-refractivity contribution in [2.45, 2.75) is 25.5 Å². The maximum absolute atomic E-state index is 5.99. The predicted molar refractivity (Wildman–Crippen MR) is 61.7 cm³/mol.